The van der Waals surface area contributed by atoms with E-state index in [1.165, 1.54) is 12.8 Å². The SMILES string of the molecule is COCc1ccc(CN(C)CC2CCN(CCc3ccccc3F)CC2)o1. The molecular weight excluding hydrogens is 343 g/mol. The molecule has 27 heavy (non-hydrogen) atoms. The van der Waals surface area contributed by atoms with Crippen molar-refractivity contribution in [2.24, 2.45) is 5.92 Å². The van der Waals surface area contributed by atoms with E-state index in [2.05, 4.69) is 16.8 Å². The molecule has 0 unspecified atom stereocenters. The fraction of sp³-hybridized carbons (Fsp3) is 0.545. The van der Waals surface area contributed by atoms with E-state index in [1.54, 1.807) is 19.2 Å². The van der Waals surface area contributed by atoms with Gasteiger partial charge in [0.1, 0.15) is 23.9 Å². The molecule has 0 N–H and O–H groups in total. The lowest BCUT2D eigenvalue weighted by molar-refractivity contribution is 0.144. The van der Waals surface area contributed by atoms with Gasteiger partial charge < -0.3 is 14.1 Å². The number of hydrogen-bond acceptors (Lipinski definition) is 4. The summed E-state index contributed by atoms with van der Waals surface area (Å²) in [5.41, 5.74) is 0.825. The Morgan fingerprint density at radius 3 is 2.63 bits per heavy atom. The Morgan fingerprint density at radius 1 is 1.15 bits per heavy atom. The first-order chi connectivity index (χ1) is 13.1. The van der Waals surface area contributed by atoms with Crippen molar-refractivity contribution >= 4 is 0 Å². The third-order valence-electron chi connectivity index (χ3n) is 5.36. The molecule has 0 atom stereocenters. The molecule has 1 fully saturated rings. The Labute approximate surface area is 161 Å². The van der Waals surface area contributed by atoms with Crippen LogP contribution in [0, 0.1) is 11.7 Å². The van der Waals surface area contributed by atoms with Crippen molar-refractivity contribution in [2.75, 3.05) is 40.3 Å². The van der Waals surface area contributed by atoms with Gasteiger partial charge in [0, 0.05) is 20.2 Å². The molecule has 3 rings (SSSR count). The molecule has 0 radical (unpaired) electrons. The quantitative estimate of drug-likeness (QED) is 0.665. The number of piperidine rings is 1. The summed E-state index contributed by atoms with van der Waals surface area (Å²) in [6.45, 7) is 5.59. The van der Waals surface area contributed by atoms with Crippen molar-refractivity contribution in [3.05, 3.63) is 59.3 Å². The second kappa shape index (κ2) is 10.0. The van der Waals surface area contributed by atoms with E-state index in [0.29, 0.717) is 12.5 Å². The van der Waals surface area contributed by atoms with Gasteiger partial charge in [-0.1, -0.05) is 18.2 Å². The van der Waals surface area contributed by atoms with Crippen molar-refractivity contribution in [1.29, 1.82) is 0 Å². The summed E-state index contributed by atoms with van der Waals surface area (Å²) in [4.78, 5) is 4.81. The Kier molecular flexibility index (Phi) is 7.44. The molecule has 1 aromatic heterocycles. The van der Waals surface area contributed by atoms with E-state index in [-0.39, 0.29) is 5.82 Å². The van der Waals surface area contributed by atoms with Gasteiger partial charge >= 0.3 is 0 Å². The standard InChI is InChI=1S/C22H31FN2O2/c1-24(16-20-7-8-21(27-20)17-26-2)15-18-9-12-25(13-10-18)14-11-19-5-3-4-6-22(19)23/h3-8,18H,9-17H2,1-2H3. The maximum Gasteiger partial charge on any atom is 0.129 e. The molecule has 1 aliphatic rings. The molecule has 0 spiro atoms. The fourth-order valence-corrected chi connectivity index (χ4v) is 3.87. The molecule has 4 nitrogen and oxygen atoms in total. The maximum absolute atomic E-state index is 13.7. The zero-order valence-corrected chi connectivity index (χ0v) is 16.5. The van der Waals surface area contributed by atoms with E-state index in [1.807, 2.05) is 24.3 Å². The number of methoxy groups -OCH3 is 1. The number of halogens is 1. The third-order valence-corrected chi connectivity index (χ3v) is 5.36. The highest BCUT2D eigenvalue weighted by Gasteiger charge is 2.21. The second-order valence-electron chi connectivity index (χ2n) is 7.62. The highest BCUT2D eigenvalue weighted by molar-refractivity contribution is 5.17. The van der Waals surface area contributed by atoms with E-state index in [4.69, 9.17) is 9.15 Å². The van der Waals surface area contributed by atoms with Gasteiger partial charge in [0.2, 0.25) is 0 Å². The number of likely N-dealkylation sites (tertiary alicyclic amines) is 1. The van der Waals surface area contributed by atoms with Gasteiger partial charge in [-0.25, -0.2) is 4.39 Å². The van der Waals surface area contributed by atoms with Gasteiger partial charge in [-0.2, -0.15) is 0 Å². The molecule has 2 aromatic rings. The highest BCUT2D eigenvalue weighted by Crippen LogP contribution is 2.20. The first-order valence-corrected chi connectivity index (χ1v) is 9.85. The highest BCUT2D eigenvalue weighted by atomic mass is 19.1. The van der Waals surface area contributed by atoms with Crippen LogP contribution in [0.5, 0.6) is 0 Å². The fourth-order valence-electron chi connectivity index (χ4n) is 3.87. The molecule has 0 bridgehead atoms. The van der Waals surface area contributed by atoms with Crippen molar-refractivity contribution < 1.29 is 13.5 Å². The molecule has 0 aliphatic carbocycles. The zero-order chi connectivity index (χ0) is 19.1. The Balaban J connectivity index is 1.36. The smallest absolute Gasteiger partial charge is 0.129 e. The zero-order valence-electron chi connectivity index (χ0n) is 16.5. The average Bonchev–Trinajstić information content (AvgIpc) is 3.09. The molecule has 0 amide bonds. The Bertz CT molecular complexity index is 695. The van der Waals surface area contributed by atoms with Crippen LogP contribution in [0.1, 0.15) is 29.9 Å². The molecule has 1 aliphatic heterocycles. The minimum absolute atomic E-state index is 0.0828. The summed E-state index contributed by atoms with van der Waals surface area (Å²) in [6, 6.07) is 11.1. The number of rotatable bonds is 9. The van der Waals surface area contributed by atoms with Crippen LogP contribution in [0.2, 0.25) is 0 Å². The first kappa shape index (κ1) is 20.1. The lowest BCUT2D eigenvalue weighted by Gasteiger charge is -2.33. The van der Waals surface area contributed by atoms with E-state index in [0.717, 1.165) is 56.2 Å². The lowest BCUT2D eigenvalue weighted by atomic mass is 9.96. The molecular formula is C22H31FN2O2. The third kappa shape index (κ3) is 6.16. The van der Waals surface area contributed by atoms with Crippen LogP contribution in [-0.4, -0.2) is 50.1 Å². The maximum atomic E-state index is 13.7. The van der Waals surface area contributed by atoms with Crippen LogP contribution in [0.15, 0.2) is 40.8 Å². The number of furan rings is 1. The van der Waals surface area contributed by atoms with Gasteiger partial charge in [-0.3, -0.25) is 4.90 Å². The largest absolute Gasteiger partial charge is 0.462 e. The van der Waals surface area contributed by atoms with Crippen LogP contribution in [-0.2, 0) is 24.3 Å². The Morgan fingerprint density at radius 2 is 1.89 bits per heavy atom. The van der Waals surface area contributed by atoms with Crippen LogP contribution in [0.3, 0.4) is 0 Å². The van der Waals surface area contributed by atoms with Crippen LogP contribution in [0.4, 0.5) is 4.39 Å². The number of benzene rings is 1. The van der Waals surface area contributed by atoms with Gasteiger partial charge in [0.05, 0.1) is 6.54 Å². The number of hydrogen-bond donors (Lipinski definition) is 0. The van der Waals surface area contributed by atoms with Crippen molar-refractivity contribution in [2.45, 2.75) is 32.4 Å². The second-order valence-corrected chi connectivity index (χ2v) is 7.62. The van der Waals surface area contributed by atoms with Crippen LogP contribution in [0.25, 0.3) is 0 Å². The van der Waals surface area contributed by atoms with E-state index < -0.39 is 0 Å². The molecule has 0 saturated carbocycles. The predicted molar refractivity (Wildman–Crippen MR) is 105 cm³/mol. The minimum Gasteiger partial charge on any atom is -0.462 e. The van der Waals surface area contributed by atoms with Gasteiger partial charge in [0.15, 0.2) is 0 Å². The topological polar surface area (TPSA) is 28.9 Å². The Hall–Kier alpha value is -1.69. The molecule has 1 saturated heterocycles. The monoisotopic (exact) mass is 374 g/mol. The summed E-state index contributed by atoms with van der Waals surface area (Å²) in [7, 11) is 3.83. The van der Waals surface area contributed by atoms with Crippen molar-refractivity contribution in [3.8, 4) is 0 Å². The molecule has 2 heterocycles. The normalized spacial score (nSPS) is 16.3. The summed E-state index contributed by atoms with van der Waals surface area (Å²) < 4.78 is 24.6. The number of nitrogens with zero attached hydrogens (tertiary/aromatic N) is 2. The summed E-state index contributed by atoms with van der Waals surface area (Å²) >= 11 is 0. The summed E-state index contributed by atoms with van der Waals surface area (Å²) in [5.74, 6) is 2.50. The summed E-state index contributed by atoms with van der Waals surface area (Å²) in [5, 5.41) is 0. The molecule has 148 valence electrons. The molecule has 5 heteroatoms. The molecule has 1 aromatic carbocycles. The summed E-state index contributed by atoms with van der Waals surface area (Å²) in [6.07, 6.45) is 3.20. The van der Waals surface area contributed by atoms with Crippen LogP contribution >= 0.6 is 0 Å². The number of ether oxygens (including phenoxy) is 1. The van der Waals surface area contributed by atoms with E-state index in [9.17, 15) is 4.39 Å². The van der Waals surface area contributed by atoms with Crippen molar-refractivity contribution in [1.82, 2.24) is 9.80 Å². The van der Waals surface area contributed by atoms with Crippen LogP contribution < -0.4 is 0 Å². The van der Waals surface area contributed by atoms with Gasteiger partial charge in [-0.05, 0) is 69.1 Å². The first-order valence-electron chi connectivity index (χ1n) is 9.85. The average molecular weight is 375 g/mol. The van der Waals surface area contributed by atoms with Crippen molar-refractivity contribution in [3.63, 3.8) is 0 Å². The lowest BCUT2D eigenvalue weighted by Crippen LogP contribution is -2.38. The minimum atomic E-state index is -0.0828. The van der Waals surface area contributed by atoms with Gasteiger partial charge in [-0.15, -0.1) is 0 Å². The predicted octanol–water partition coefficient (Wildman–Crippen LogP) is 3.95. The van der Waals surface area contributed by atoms with Gasteiger partial charge in [0.25, 0.3) is 0 Å². The van der Waals surface area contributed by atoms with E-state index >= 15 is 0 Å².